The Kier molecular flexibility index (Phi) is 9.80. The van der Waals surface area contributed by atoms with Crippen LogP contribution in [-0.2, 0) is 4.74 Å². The molecule has 2 rings (SSSR count). The minimum Gasteiger partial charge on any atom is -0.493 e. The molecule has 7 nitrogen and oxygen atoms in total. The molecule has 0 saturated carbocycles. The molecule has 0 bridgehead atoms. The van der Waals surface area contributed by atoms with Crippen molar-refractivity contribution in [3.05, 3.63) is 36.4 Å². The second kappa shape index (κ2) is 12.3. The van der Waals surface area contributed by atoms with Crippen LogP contribution in [0.2, 0.25) is 0 Å². The van der Waals surface area contributed by atoms with Gasteiger partial charge in [0.2, 0.25) is 0 Å². The first-order chi connectivity index (χ1) is 14.1. The van der Waals surface area contributed by atoms with Crippen molar-refractivity contribution in [3.63, 3.8) is 0 Å². The highest BCUT2D eigenvalue weighted by molar-refractivity contribution is 5.79. The van der Waals surface area contributed by atoms with E-state index in [9.17, 15) is 0 Å². The number of nitrogens with zero attached hydrogens (tertiary/aromatic N) is 3. The van der Waals surface area contributed by atoms with Crippen molar-refractivity contribution in [1.82, 2.24) is 15.1 Å². The maximum absolute atomic E-state index is 5.56. The van der Waals surface area contributed by atoms with E-state index in [0.717, 1.165) is 69.7 Å². The van der Waals surface area contributed by atoms with Crippen LogP contribution in [0, 0.1) is 0 Å². The van der Waals surface area contributed by atoms with Crippen LogP contribution >= 0.6 is 0 Å². The molecule has 0 spiro atoms. The van der Waals surface area contributed by atoms with Gasteiger partial charge in [-0.3, -0.25) is 9.89 Å². The maximum atomic E-state index is 5.56. The van der Waals surface area contributed by atoms with Gasteiger partial charge in [0.15, 0.2) is 17.5 Å². The van der Waals surface area contributed by atoms with E-state index < -0.39 is 0 Å². The van der Waals surface area contributed by atoms with Gasteiger partial charge in [0.25, 0.3) is 0 Å². The van der Waals surface area contributed by atoms with Gasteiger partial charge < -0.3 is 24.4 Å². The van der Waals surface area contributed by atoms with E-state index in [1.54, 1.807) is 14.2 Å². The highest BCUT2D eigenvalue weighted by atomic mass is 16.5. The molecule has 1 saturated heterocycles. The molecule has 1 aromatic carbocycles. The van der Waals surface area contributed by atoms with Crippen molar-refractivity contribution >= 4 is 5.96 Å². The van der Waals surface area contributed by atoms with E-state index >= 15 is 0 Å². The van der Waals surface area contributed by atoms with Crippen LogP contribution in [-0.4, -0.2) is 83.5 Å². The molecule has 1 aromatic rings. The molecule has 7 heteroatoms. The number of benzene rings is 1. The Labute approximate surface area is 175 Å². The number of hydrogen-bond donors (Lipinski definition) is 1. The molecular weight excluding hydrogens is 368 g/mol. The third-order valence-corrected chi connectivity index (χ3v) is 5.21. The zero-order chi connectivity index (χ0) is 21.1. The lowest BCUT2D eigenvalue weighted by molar-refractivity contribution is 0.0168. The second-order valence-electron chi connectivity index (χ2n) is 7.06. The first-order valence-electron chi connectivity index (χ1n) is 10.2. The Hall–Kier alpha value is -2.25. The number of ether oxygens (including phenoxy) is 3. The number of hydrogen-bond acceptors (Lipinski definition) is 5. The van der Waals surface area contributed by atoms with Crippen LogP contribution < -0.4 is 14.8 Å². The summed E-state index contributed by atoms with van der Waals surface area (Å²) in [5.41, 5.74) is 1.18. The van der Waals surface area contributed by atoms with E-state index in [1.807, 2.05) is 19.2 Å². The maximum Gasteiger partial charge on any atom is 0.193 e. The van der Waals surface area contributed by atoms with Gasteiger partial charge in [0, 0.05) is 40.3 Å². The van der Waals surface area contributed by atoms with Gasteiger partial charge in [-0.25, -0.2) is 0 Å². The summed E-state index contributed by atoms with van der Waals surface area (Å²) >= 11 is 0. The molecule has 1 N–H and O–H groups in total. The lowest BCUT2D eigenvalue weighted by Crippen LogP contribution is -2.46. The smallest absolute Gasteiger partial charge is 0.193 e. The van der Waals surface area contributed by atoms with E-state index in [0.29, 0.717) is 0 Å². The predicted molar refractivity (Wildman–Crippen MR) is 118 cm³/mol. The summed E-state index contributed by atoms with van der Waals surface area (Å²) in [6.07, 6.45) is 4.02. The summed E-state index contributed by atoms with van der Waals surface area (Å²) < 4.78 is 16.5. The van der Waals surface area contributed by atoms with Gasteiger partial charge in [-0.1, -0.05) is 12.1 Å². The molecule has 1 fully saturated rings. The lowest BCUT2D eigenvalue weighted by atomic mass is 10.0. The number of morpholine rings is 1. The van der Waals surface area contributed by atoms with Gasteiger partial charge in [-0.2, -0.15) is 0 Å². The van der Waals surface area contributed by atoms with Gasteiger partial charge >= 0.3 is 0 Å². The number of methoxy groups -OCH3 is 2. The Bertz CT molecular complexity index is 659. The third kappa shape index (κ3) is 6.65. The zero-order valence-corrected chi connectivity index (χ0v) is 18.3. The summed E-state index contributed by atoms with van der Waals surface area (Å²) in [5, 5.41) is 3.55. The molecule has 1 atom stereocenters. The Morgan fingerprint density at radius 3 is 2.66 bits per heavy atom. The number of guanidine groups is 1. The Morgan fingerprint density at radius 2 is 2.03 bits per heavy atom. The molecular formula is C22H36N4O3. The highest BCUT2D eigenvalue weighted by Crippen LogP contribution is 2.32. The fourth-order valence-electron chi connectivity index (χ4n) is 3.56. The summed E-state index contributed by atoms with van der Waals surface area (Å²) in [4.78, 5) is 9.06. The largest absolute Gasteiger partial charge is 0.493 e. The Morgan fingerprint density at radius 1 is 1.31 bits per heavy atom. The summed E-state index contributed by atoms with van der Waals surface area (Å²) in [6.45, 7) is 8.77. The van der Waals surface area contributed by atoms with Crippen molar-refractivity contribution in [2.24, 2.45) is 4.99 Å². The summed E-state index contributed by atoms with van der Waals surface area (Å²) in [7, 11) is 7.22. The van der Waals surface area contributed by atoms with E-state index in [2.05, 4.69) is 45.9 Å². The third-order valence-electron chi connectivity index (χ3n) is 5.21. The second-order valence-corrected chi connectivity index (χ2v) is 7.06. The number of nitrogens with one attached hydrogen (secondary N) is 1. The molecule has 0 radical (unpaired) electrons. The number of allylic oxidation sites excluding steroid dienone is 1. The fourth-order valence-corrected chi connectivity index (χ4v) is 3.56. The molecule has 0 aliphatic carbocycles. The number of aliphatic imine (C=N–C) groups is 1. The zero-order valence-electron chi connectivity index (χ0n) is 18.3. The molecule has 1 aliphatic rings. The van der Waals surface area contributed by atoms with Crippen LogP contribution in [0.4, 0.5) is 0 Å². The minimum atomic E-state index is 0.178. The molecule has 29 heavy (non-hydrogen) atoms. The molecule has 1 heterocycles. The monoisotopic (exact) mass is 404 g/mol. The van der Waals surface area contributed by atoms with E-state index in [4.69, 9.17) is 14.2 Å². The van der Waals surface area contributed by atoms with Crippen molar-refractivity contribution in [2.45, 2.75) is 18.9 Å². The van der Waals surface area contributed by atoms with Gasteiger partial charge in [0.1, 0.15) is 0 Å². The minimum absolute atomic E-state index is 0.178. The van der Waals surface area contributed by atoms with Crippen molar-refractivity contribution in [1.29, 1.82) is 0 Å². The van der Waals surface area contributed by atoms with Crippen LogP contribution in [0.3, 0.4) is 0 Å². The van der Waals surface area contributed by atoms with Crippen LogP contribution in [0.5, 0.6) is 11.5 Å². The molecule has 0 aromatic heterocycles. The van der Waals surface area contributed by atoms with Crippen molar-refractivity contribution in [2.75, 3.05) is 67.7 Å². The first-order valence-corrected chi connectivity index (χ1v) is 10.2. The number of rotatable bonds is 10. The highest BCUT2D eigenvalue weighted by Gasteiger charge is 2.24. The van der Waals surface area contributed by atoms with Crippen LogP contribution in [0.1, 0.15) is 24.4 Å². The molecule has 0 amide bonds. The van der Waals surface area contributed by atoms with Gasteiger partial charge in [-0.05, 0) is 30.5 Å². The Balaban J connectivity index is 2.15. The number of unbranched alkanes of at least 4 members (excludes halogenated alkanes) is 1. The van der Waals surface area contributed by atoms with Crippen LogP contribution in [0.15, 0.2) is 35.8 Å². The standard InChI is InChI=1S/C22H36N4O3/c1-6-7-8-11-25(3)22(23-2)24-17-19(26-12-14-29-15-13-26)18-9-10-20(27-4)21(16-18)28-5/h6,9-10,16,19H,1,7-8,11-15,17H2,2-5H3,(H,23,24). The summed E-state index contributed by atoms with van der Waals surface area (Å²) in [6, 6.07) is 6.33. The molecule has 162 valence electrons. The summed E-state index contributed by atoms with van der Waals surface area (Å²) in [5.74, 6) is 2.38. The normalized spacial score (nSPS) is 16.2. The topological polar surface area (TPSA) is 58.6 Å². The average molecular weight is 405 g/mol. The quantitative estimate of drug-likeness (QED) is 0.280. The van der Waals surface area contributed by atoms with Crippen LogP contribution in [0.25, 0.3) is 0 Å². The fraction of sp³-hybridized carbons (Fsp3) is 0.591. The van der Waals surface area contributed by atoms with Crippen molar-refractivity contribution < 1.29 is 14.2 Å². The van der Waals surface area contributed by atoms with E-state index in [-0.39, 0.29) is 6.04 Å². The average Bonchev–Trinajstić information content (AvgIpc) is 2.77. The SMILES string of the molecule is C=CCCCN(C)C(=NC)NCC(c1ccc(OC)c(OC)c1)N1CCOCC1. The van der Waals surface area contributed by atoms with Gasteiger partial charge in [0.05, 0.1) is 33.5 Å². The molecule has 1 unspecified atom stereocenters. The first kappa shape index (κ1) is 23.0. The van der Waals surface area contributed by atoms with E-state index in [1.165, 1.54) is 5.56 Å². The molecule has 1 aliphatic heterocycles. The van der Waals surface area contributed by atoms with Crippen molar-refractivity contribution in [3.8, 4) is 11.5 Å². The van der Waals surface area contributed by atoms with Gasteiger partial charge in [-0.15, -0.1) is 6.58 Å². The predicted octanol–water partition coefficient (Wildman–Crippen LogP) is 2.55. The lowest BCUT2D eigenvalue weighted by Gasteiger charge is -2.36.